The third kappa shape index (κ3) is 53.1. The Morgan fingerprint density at radius 3 is 0.619 bits per heavy atom. The molecule has 0 saturated carbocycles. The fourth-order valence-corrected chi connectivity index (χ4v) is 5.28. The second-order valence-electron chi connectivity index (χ2n) is 12.1. The first kappa shape index (κ1) is 49.4. The maximum atomic E-state index is 10.2. The molecule has 4 nitrogen and oxygen atoms in total. The van der Waals surface area contributed by atoms with Gasteiger partial charge in [-0.05, 0) is 25.7 Å². The standard InChI is InChI=1S/2C18H36O2.2Mg.2H/c2*1-2-3-4-5-6-7-8-9-10-11-12-13-14-15-16-17-18(19)20;;;;/h2*2-17H2,1H3,(H,19,20);;;;/q;;2*+2;2*-1/p-2. The molecule has 0 atom stereocenters. The first-order valence-corrected chi connectivity index (χ1v) is 17.9. The Labute approximate surface area is 298 Å². The molecule has 0 aliphatic rings. The van der Waals surface area contributed by atoms with E-state index in [9.17, 15) is 19.8 Å². The molecule has 0 bridgehead atoms. The van der Waals surface area contributed by atoms with Crippen LogP contribution in [0.1, 0.15) is 222 Å². The average Bonchev–Trinajstić information content (AvgIpc) is 2.93. The minimum atomic E-state index is -0.903. The van der Waals surface area contributed by atoms with E-state index in [1.165, 1.54) is 167 Å². The van der Waals surface area contributed by atoms with E-state index in [1.54, 1.807) is 0 Å². The molecule has 0 saturated heterocycles. The van der Waals surface area contributed by atoms with Crippen LogP contribution in [0.4, 0.5) is 0 Å². The Hall–Kier alpha value is 0.472. The van der Waals surface area contributed by atoms with Crippen LogP contribution < -0.4 is 10.2 Å². The summed E-state index contributed by atoms with van der Waals surface area (Å²) in [6, 6.07) is 0. The molecule has 244 valence electrons. The van der Waals surface area contributed by atoms with E-state index in [2.05, 4.69) is 13.8 Å². The number of hydrogen-bond acceptors (Lipinski definition) is 4. The molecule has 0 fully saturated rings. The summed E-state index contributed by atoms with van der Waals surface area (Å²) in [6.07, 6.45) is 39.7. The van der Waals surface area contributed by atoms with Crippen molar-refractivity contribution >= 4 is 58.0 Å². The number of carboxylic acid groups (broad SMARTS) is 2. The molecule has 0 aromatic rings. The number of aliphatic carboxylic acids is 2. The van der Waals surface area contributed by atoms with Gasteiger partial charge in [-0.15, -0.1) is 0 Å². The predicted molar refractivity (Wildman–Crippen MR) is 183 cm³/mol. The van der Waals surface area contributed by atoms with Crippen LogP contribution in [-0.2, 0) is 9.59 Å². The summed E-state index contributed by atoms with van der Waals surface area (Å²) >= 11 is 0. The normalized spacial score (nSPS) is 10.3. The van der Waals surface area contributed by atoms with Crippen LogP contribution in [0.3, 0.4) is 0 Å². The van der Waals surface area contributed by atoms with Crippen molar-refractivity contribution in [2.45, 2.75) is 219 Å². The van der Waals surface area contributed by atoms with E-state index >= 15 is 0 Å². The van der Waals surface area contributed by atoms with E-state index in [1.807, 2.05) is 0 Å². The van der Waals surface area contributed by atoms with Crippen LogP contribution >= 0.6 is 0 Å². The van der Waals surface area contributed by atoms with Gasteiger partial charge < -0.3 is 22.7 Å². The molecule has 0 spiro atoms. The maximum Gasteiger partial charge on any atom is 2.00 e. The van der Waals surface area contributed by atoms with Crippen molar-refractivity contribution < 1.29 is 22.7 Å². The van der Waals surface area contributed by atoms with Crippen molar-refractivity contribution in [1.29, 1.82) is 0 Å². The molecule has 0 aromatic carbocycles. The monoisotopic (exact) mass is 617 g/mol. The van der Waals surface area contributed by atoms with Crippen LogP contribution in [0.15, 0.2) is 0 Å². The van der Waals surface area contributed by atoms with Gasteiger partial charge in [-0.25, -0.2) is 0 Å². The number of carbonyl (C=O) groups excluding carboxylic acids is 2. The molecule has 0 rings (SSSR count). The number of rotatable bonds is 32. The maximum absolute atomic E-state index is 10.2. The fourth-order valence-electron chi connectivity index (χ4n) is 5.28. The molecule has 6 heteroatoms. The molecule has 0 unspecified atom stereocenters. The third-order valence-corrected chi connectivity index (χ3v) is 7.97. The quantitative estimate of drug-likeness (QED) is 0.0556. The number of hydrogen-bond donors (Lipinski definition) is 0. The Bertz CT molecular complexity index is 471. The molecule has 42 heavy (non-hydrogen) atoms. The summed E-state index contributed by atoms with van der Waals surface area (Å²) in [4.78, 5) is 20.4. The van der Waals surface area contributed by atoms with Crippen LogP contribution in [0.2, 0.25) is 0 Å². The summed E-state index contributed by atoms with van der Waals surface area (Å²) in [6.45, 7) is 4.53. The zero-order valence-corrected chi connectivity index (χ0v) is 31.5. The van der Waals surface area contributed by atoms with Crippen molar-refractivity contribution in [3.63, 3.8) is 0 Å². The molecule has 0 aliphatic carbocycles. The predicted octanol–water partition coefficient (Wildman–Crippen LogP) is 9.46. The van der Waals surface area contributed by atoms with Gasteiger partial charge in [0.1, 0.15) is 0 Å². The molecule has 0 aromatic heterocycles. The molecule has 0 N–H and O–H groups in total. The zero-order chi connectivity index (χ0) is 29.8. The van der Waals surface area contributed by atoms with Gasteiger partial charge >= 0.3 is 46.1 Å². The molecule has 0 aliphatic heterocycles. The van der Waals surface area contributed by atoms with Crippen LogP contribution in [-0.4, -0.2) is 58.0 Å². The second kappa shape index (κ2) is 45.9. The number of carbonyl (C=O) groups is 2. The summed E-state index contributed by atoms with van der Waals surface area (Å²) < 4.78 is 0. The van der Waals surface area contributed by atoms with Gasteiger partial charge in [-0.2, -0.15) is 0 Å². The van der Waals surface area contributed by atoms with Crippen molar-refractivity contribution in [1.82, 2.24) is 0 Å². The largest absolute Gasteiger partial charge is 2.00 e. The Kier molecular flexibility index (Phi) is 53.9. The van der Waals surface area contributed by atoms with E-state index in [0.29, 0.717) is 0 Å². The van der Waals surface area contributed by atoms with Gasteiger partial charge in [-0.1, -0.05) is 194 Å². The zero-order valence-electron chi connectivity index (χ0n) is 30.7. The Morgan fingerprint density at radius 2 is 0.476 bits per heavy atom. The van der Waals surface area contributed by atoms with Gasteiger partial charge in [0.05, 0.1) is 0 Å². The van der Waals surface area contributed by atoms with Gasteiger partial charge in [0.15, 0.2) is 0 Å². The minimum Gasteiger partial charge on any atom is -1.00 e. The smallest absolute Gasteiger partial charge is 1.00 e. The first-order valence-electron chi connectivity index (χ1n) is 17.9. The molecule has 0 radical (unpaired) electrons. The van der Waals surface area contributed by atoms with Crippen LogP contribution in [0.25, 0.3) is 0 Å². The number of unbranched alkanes of at least 4 members (excludes halogenated alkanes) is 28. The second-order valence-corrected chi connectivity index (χ2v) is 12.1. The molecular formula is C36H72Mg2O4. The van der Waals surface area contributed by atoms with Crippen molar-refractivity contribution in [3.05, 3.63) is 0 Å². The van der Waals surface area contributed by atoms with Crippen molar-refractivity contribution in [2.75, 3.05) is 0 Å². The van der Waals surface area contributed by atoms with E-state index < -0.39 is 11.9 Å². The summed E-state index contributed by atoms with van der Waals surface area (Å²) in [7, 11) is 0. The summed E-state index contributed by atoms with van der Waals surface area (Å²) in [5, 5.41) is 20.4. The van der Waals surface area contributed by atoms with E-state index in [0.717, 1.165) is 25.7 Å². The third-order valence-electron chi connectivity index (χ3n) is 7.97. The van der Waals surface area contributed by atoms with Crippen molar-refractivity contribution in [3.8, 4) is 0 Å². The Balaban J connectivity index is -0.000000150. The van der Waals surface area contributed by atoms with Gasteiger partial charge in [0, 0.05) is 11.9 Å². The van der Waals surface area contributed by atoms with E-state index in [4.69, 9.17) is 0 Å². The SMILES string of the molecule is CCCCCCCCCCCCCCCCCC(=O)[O-].CCCCCCCCCCCCCCCCCC(=O)[O-].[H-].[H-].[Mg+2].[Mg+2]. The van der Waals surface area contributed by atoms with Crippen LogP contribution in [0, 0.1) is 0 Å². The molecule has 0 heterocycles. The fraction of sp³-hybridized carbons (Fsp3) is 0.944. The Morgan fingerprint density at radius 1 is 0.333 bits per heavy atom. The first-order chi connectivity index (χ1) is 19.5. The topological polar surface area (TPSA) is 80.3 Å². The summed E-state index contributed by atoms with van der Waals surface area (Å²) in [5.74, 6) is -1.81. The molecule has 0 amide bonds. The van der Waals surface area contributed by atoms with Gasteiger partial charge in [0.25, 0.3) is 0 Å². The average molecular weight is 618 g/mol. The van der Waals surface area contributed by atoms with Gasteiger partial charge in [-0.3, -0.25) is 0 Å². The van der Waals surface area contributed by atoms with Gasteiger partial charge in [0.2, 0.25) is 0 Å². The molecular weight excluding hydrogens is 545 g/mol. The number of carboxylic acids is 2. The van der Waals surface area contributed by atoms with E-state index in [-0.39, 0.29) is 61.8 Å². The van der Waals surface area contributed by atoms with Crippen LogP contribution in [0.5, 0.6) is 0 Å². The van der Waals surface area contributed by atoms with Crippen molar-refractivity contribution in [2.24, 2.45) is 0 Å². The summed E-state index contributed by atoms with van der Waals surface area (Å²) in [5.41, 5.74) is 0. The minimum absolute atomic E-state index is 0.